The fourth-order valence-corrected chi connectivity index (χ4v) is 0.866. The predicted molar refractivity (Wildman–Crippen MR) is 95.4 cm³/mol. The zero-order chi connectivity index (χ0) is 16.6. The lowest BCUT2D eigenvalue weighted by molar-refractivity contribution is 0.309. The first-order valence-electron chi connectivity index (χ1n) is 7.29. The van der Waals surface area contributed by atoms with Crippen molar-refractivity contribution in [3.05, 3.63) is 72.8 Å². The van der Waals surface area contributed by atoms with Gasteiger partial charge in [-0.3, -0.25) is 0 Å². The molecule has 2 rings (SSSR count). The summed E-state index contributed by atoms with van der Waals surface area (Å²) >= 11 is 0. The lowest BCUT2D eigenvalue weighted by Crippen LogP contribution is -1.93. The Bertz CT molecular complexity index is 228. The van der Waals surface area contributed by atoms with Crippen LogP contribution in [0.2, 0.25) is 0 Å². The van der Waals surface area contributed by atoms with E-state index in [2.05, 4.69) is 9.31 Å². The summed E-state index contributed by atoms with van der Waals surface area (Å²) in [6, 6.07) is 24.0. The van der Waals surface area contributed by atoms with Crippen molar-refractivity contribution in [3.63, 3.8) is 0 Å². The molecule has 0 bridgehead atoms. The Morgan fingerprint density at radius 1 is 0.429 bits per heavy atom. The van der Waals surface area contributed by atoms with Crippen LogP contribution in [-0.4, -0.2) is 21.9 Å². The van der Waals surface area contributed by atoms with Gasteiger partial charge >= 0.3 is 7.69 Å². The van der Waals surface area contributed by atoms with Crippen LogP contribution in [0.15, 0.2) is 72.8 Å². The third-order valence-electron chi connectivity index (χ3n) is 1.53. The van der Waals surface area contributed by atoms with E-state index >= 15 is 0 Å². The van der Waals surface area contributed by atoms with E-state index in [4.69, 9.17) is 0 Å². The van der Waals surface area contributed by atoms with E-state index in [1.165, 1.54) is 21.9 Å². The Morgan fingerprint density at radius 2 is 0.571 bits per heavy atom. The van der Waals surface area contributed by atoms with Crippen molar-refractivity contribution in [3.8, 4) is 0 Å². The third kappa shape index (κ3) is 32.2. The summed E-state index contributed by atoms with van der Waals surface area (Å²) in [6.07, 6.45) is 0. The summed E-state index contributed by atoms with van der Waals surface area (Å²) in [7, 11) is 4.31. The van der Waals surface area contributed by atoms with Crippen LogP contribution in [0.25, 0.3) is 0 Å². The molecule has 0 fully saturated rings. The van der Waals surface area contributed by atoms with Crippen LogP contribution < -0.4 is 0 Å². The van der Waals surface area contributed by atoms with E-state index in [0.29, 0.717) is 0 Å². The van der Waals surface area contributed by atoms with Gasteiger partial charge in [0.1, 0.15) is 0 Å². The summed E-state index contributed by atoms with van der Waals surface area (Å²) in [6.45, 7) is 8.00. The first-order chi connectivity index (χ1) is 10.4. The van der Waals surface area contributed by atoms with Crippen molar-refractivity contribution in [1.82, 2.24) is 0 Å². The van der Waals surface area contributed by atoms with Gasteiger partial charge in [0, 0.05) is 14.2 Å². The molecule has 2 nitrogen and oxygen atoms in total. The molecule has 0 saturated heterocycles. The van der Waals surface area contributed by atoms with Crippen molar-refractivity contribution in [2.75, 3.05) is 14.2 Å². The lowest BCUT2D eigenvalue weighted by Gasteiger charge is -1.82. The van der Waals surface area contributed by atoms with Gasteiger partial charge in [0.05, 0.1) is 0 Å². The molecule has 0 aliphatic carbocycles. The quantitative estimate of drug-likeness (QED) is 0.704. The minimum Gasteiger partial charge on any atom is -0.416 e. The Hall–Kier alpha value is -1.58. The van der Waals surface area contributed by atoms with E-state index < -0.39 is 0 Å². The Labute approximate surface area is 132 Å². The number of hydrogen-bond acceptors (Lipinski definition) is 2. The van der Waals surface area contributed by atoms with Crippen LogP contribution in [0.3, 0.4) is 0 Å². The molecule has 0 spiro atoms. The van der Waals surface area contributed by atoms with Crippen molar-refractivity contribution in [2.24, 2.45) is 0 Å². The van der Waals surface area contributed by atoms with Gasteiger partial charge in [-0.05, 0) is 0 Å². The summed E-state index contributed by atoms with van der Waals surface area (Å²) in [4.78, 5) is 0. The zero-order valence-electron chi connectivity index (χ0n) is 14.3. The highest BCUT2D eigenvalue weighted by Crippen LogP contribution is 1.80. The molecule has 117 valence electrons. The number of rotatable bonds is 2. The Morgan fingerprint density at radius 3 is 0.619 bits per heavy atom. The van der Waals surface area contributed by atoms with Crippen molar-refractivity contribution in [1.29, 1.82) is 0 Å². The highest BCUT2D eigenvalue weighted by atomic mass is 16.6. The smallest absolute Gasteiger partial charge is 0.416 e. The lowest BCUT2D eigenvalue weighted by atomic mass is 10.4. The van der Waals surface area contributed by atoms with Gasteiger partial charge in [0.25, 0.3) is 0 Å². The van der Waals surface area contributed by atoms with Gasteiger partial charge in [-0.1, -0.05) is 100 Å². The normalized spacial score (nSPS) is 6.95. The molecule has 2 aromatic rings. The zero-order valence-corrected chi connectivity index (χ0v) is 14.3. The minimum atomic E-state index is 1.25. The van der Waals surface area contributed by atoms with Crippen molar-refractivity contribution >= 4 is 7.69 Å². The second-order valence-corrected chi connectivity index (χ2v) is 2.88. The molecular weight excluding hydrogens is 259 g/mol. The fourth-order valence-electron chi connectivity index (χ4n) is 0.866. The molecular formula is C18H30BO2. The maximum Gasteiger partial charge on any atom is 0.487 e. The first kappa shape index (κ1) is 24.4. The predicted octanol–water partition coefficient (Wildman–Crippen LogP) is 5.24. The van der Waals surface area contributed by atoms with Crippen LogP contribution in [0.4, 0.5) is 0 Å². The monoisotopic (exact) mass is 289 g/mol. The third-order valence-corrected chi connectivity index (χ3v) is 1.53. The van der Waals surface area contributed by atoms with Gasteiger partial charge < -0.3 is 9.31 Å². The molecule has 2 aromatic carbocycles. The summed E-state index contributed by atoms with van der Waals surface area (Å²) in [5, 5.41) is 0. The summed E-state index contributed by atoms with van der Waals surface area (Å²) in [5.41, 5.74) is 0. The summed E-state index contributed by atoms with van der Waals surface area (Å²) in [5.74, 6) is 0. The average molecular weight is 289 g/mol. The first-order valence-corrected chi connectivity index (χ1v) is 7.29. The minimum absolute atomic E-state index is 1.25. The molecule has 0 amide bonds. The highest BCUT2D eigenvalue weighted by Gasteiger charge is 1.75. The fraction of sp³-hybridized carbons (Fsp3) is 0.333. The highest BCUT2D eigenvalue weighted by molar-refractivity contribution is 6.17. The molecule has 0 aromatic heterocycles. The van der Waals surface area contributed by atoms with Gasteiger partial charge in [0.15, 0.2) is 0 Å². The van der Waals surface area contributed by atoms with E-state index in [-0.39, 0.29) is 0 Å². The average Bonchev–Trinajstić information content (AvgIpc) is 2.63. The van der Waals surface area contributed by atoms with Crippen LogP contribution in [-0.2, 0) is 9.31 Å². The van der Waals surface area contributed by atoms with Crippen LogP contribution in [0, 0.1) is 0 Å². The number of hydrogen-bond donors (Lipinski definition) is 0. The molecule has 0 saturated carbocycles. The second kappa shape index (κ2) is 31.0. The van der Waals surface area contributed by atoms with Crippen molar-refractivity contribution < 1.29 is 9.31 Å². The number of benzene rings is 2. The molecule has 3 heteroatoms. The van der Waals surface area contributed by atoms with Gasteiger partial charge in [-0.25, -0.2) is 0 Å². The van der Waals surface area contributed by atoms with Gasteiger partial charge in [-0.15, -0.1) is 0 Å². The van der Waals surface area contributed by atoms with E-state index in [1.54, 1.807) is 0 Å². The van der Waals surface area contributed by atoms with E-state index in [0.717, 1.165) is 0 Å². The molecule has 0 atom stereocenters. The molecule has 0 N–H and O–H groups in total. The second-order valence-electron chi connectivity index (χ2n) is 2.88. The molecule has 0 unspecified atom stereocenters. The van der Waals surface area contributed by atoms with Crippen LogP contribution in [0.5, 0.6) is 0 Å². The molecule has 0 heterocycles. The van der Waals surface area contributed by atoms with Crippen LogP contribution >= 0.6 is 0 Å². The van der Waals surface area contributed by atoms with Crippen molar-refractivity contribution in [2.45, 2.75) is 27.7 Å². The van der Waals surface area contributed by atoms with E-state index in [9.17, 15) is 0 Å². The molecule has 0 aliphatic heterocycles. The Kier molecular flexibility index (Phi) is 36.1. The Balaban J connectivity index is -0.000000208. The van der Waals surface area contributed by atoms with Crippen LogP contribution in [0.1, 0.15) is 27.7 Å². The molecule has 1 radical (unpaired) electrons. The topological polar surface area (TPSA) is 18.5 Å². The van der Waals surface area contributed by atoms with Gasteiger partial charge in [0.2, 0.25) is 0 Å². The summed E-state index contributed by atoms with van der Waals surface area (Å²) < 4.78 is 8.69. The van der Waals surface area contributed by atoms with E-state index in [1.807, 2.05) is 100 Å². The largest absolute Gasteiger partial charge is 0.487 e. The van der Waals surface area contributed by atoms with Gasteiger partial charge in [-0.2, -0.15) is 0 Å². The molecule has 0 aliphatic rings. The SMILES string of the molecule is CC.CC.CO[B]OC.c1ccccc1.c1ccccc1. The maximum absolute atomic E-state index is 4.34. The maximum atomic E-state index is 4.34. The standard InChI is InChI=1S/2C6H6.C2H6BO2.2C2H6/c2*1-2-4-6-5-3-1;1-4-3-5-2;2*1-2/h2*1-6H;1-2H3;2*1-2H3. The molecule has 21 heavy (non-hydrogen) atoms.